The summed E-state index contributed by atoms with van der Waals surface area (Å²) in [5.41, 5.74) is 0.587. The number of hydrogen-bond donors (Lipinski definition) is 5. The van der Waals surface area contributed by atoms with Crippen LogP contribution in [0.1, 0.15) is 37.7 Å². The largest absolute Gasteiger partial charge is 0.504 e. The van der Waals surface area contributed by atoms with Gasteiger partial charge in [0.25, 0.3) is 0 Å². The van der Waals surface area contributed by atoms with Crippen LogP contribution in [0.15, 0.2) is 18.2 Å². The van der Waals surface area contributed by atoms with Gasteiger partial charge in [-0.05, 0) is 43.4 Å². The maximum atomic E-state index is 12.0. The second kappa shape index (κ2) is 10.2. The van der Waals surface area contributed by atoms with E-state index < -0.39 is 13.1 Å². The molecule has 1 aromatic rings. The third-order valence-corrected chi connectivity index (χ3v) is 7.12. The molecule has 0 spiro atoms. The van der Waals surface area contributed by atoms with Crippen molar-refractivity contribution in [2.75, 3.05) is 5.75 Å². The Bertz CT molecular complexity index is 569. The van der Waals surface area contributed by atoms with E-state index >= 15 is 0 Å². The molecule has 1 aliphatic heterocycles. The Hall–Kier alpha value is -1.03. The summed E-state index contributed by atoms with van der Waals surface area (Å²) in [6.45, 7) is 0. The van der Waals surface area contributed by atoms with Gasteiger partial charge in [-0.2, -0.15) is 0 Å². The van der Waals surface area contributed by atoms with Crippen LogP contribution in [0.2, 0.25) is 0 Å². The number of benzene rings is 1. The molecule has 6 nitrogen and oxygen atoms in total. The van der Waals surface area contributed by atoms with Gasteiger partial charge in [-0.25, -0.2) is 0 Å². The van der Waals surface area contributed by atoms with Crippen molar-refractivity contribution in [2.24, 2.45) is 0 Å². The third kappa shape index (κ3) is 7.01. The number of nitrogens with one attached hydrogen (secondary N) is 1. The molecule has 1 fully saturated rings. The van der Waals surface area contributed by atoms with Gasteiger partial charge in [0.05, 0.1) is 5.94 Å². The second-order valence-electron chi connectivity index (χ2n) is 6.19. The summed E-state index contributed by atoms with van der Waals surface area (Å²) >= 11 is 0. The molecule has 2 atom stereocenters. The third-order valence-electron chi connectivity index (χ3n) is 4.11. The number of unbranched alkanes of at least 4 members (excludes halogenated alkanes) is 1. The molecular weight excluding hydrogens is 361 g/mol. The maximum Gasteiger partial charge on any atom is 0.475 e. The highest BCUT2D eigenvalue weighted by Gasteiger charge is 2.25. The summed E-state index contributed by atoms with van der Waals surface area (Å²) in [5.74, 6) is -0.392. The van der Waals surface area contributed by atoms with Crippen molar-refractivity contribution in [3.8, 4) is 11.5 Å². The van der Waals surface area contributed by atoms with Gasteiger partial charge in [0.15, 0.2) is 11.5 Å². The normalized spacial score (nSPS) is 18.1. The first-order valence-electron chi connectivity index (χ1n) is 8.40. The summed E-state index contributed by atoms with van der Waals surface area (Å²) in [7, 11) is 2.14. The molecule has 0 aliphatic carbocycles. The minimum absolute atomic E-state index is 0.146. The van der Waals surface area contributed by atoms with Crippen LogP contribution in [0.4, 0.5) is 0 Å². The molecule has 1 saturated heterocycles. The molecule has 1 heterocycles. The van der Waals surface area contributed by atoms with Crippen LogP contribution in [0, 0.1) is 0 Å². The van der Waals surface area contributed by atoms with Gasteiger partial charge in [-0.15, -0.1) is 0 Å². The van der Waals surface area contributed by atoms with Crippen molar-refractivity contribution in [3.05, 3.63) is 23.8 Å². The van der Waals surface area contributed by atoms with Crippen molar-refractivity contribution >= 4 is 34.6 Å². The molecule has 2 rings (SSSR count). The van der Waals surface area contributed by atoms with E-state index in [1.54, 1.807) is 6.07 Å². The minimum atomic E-state index is -1.70. The molecule has 2 unspecified atom stereocenters. The highest BCUT2D eigenvalue weighted by Crippen LogP contribution is 2.39. The van der Waals surface area contributed by atoms with Crippen molar-refractivity contribution < 1.29 is 25.1 Å². The summed E-state index contributed by atoms with van der Waals surface area (Å²) in [6.07, 6.45) is 4.62. The van der Waals surface area contributed by atoms with Crippen molar-refractivity contribution in [2.45, 2.75) is 49.7 Å². The molecular formula is C16H24BNO5S2. The molecule has 0 saturated carbocycles. The van der Waals surface area contributed by atoms with Crippen LogP contribution in [-0.4, -0.2) is 50.2 Å². The van der Waals surface area contributed by atoms with Gasteiger partial charge in [0, 0.05) is 17.4 Å². The fourth-order valence-corrected chi connectivity index (χ4v) is 5.71. The van der Waals surface area contributed by atoms with Crippen molar-refractivity contribution in [1.82, 2.24) is 5.32 Å². The number of rotatable bonds is 9. The summed E-state index contributed by atoms with van der Waals surface area (Å²) in [6, 6.07) is 4.23. The minimum Gasteiger partial charge on any atom is -0.504 e. The molecule has 138 valence electrons. The van der Waals surface area contributed by atoms with E-state index in [2.05, 4.69) is 5.32 Å². The van der Waals surface area contributed by atoms with Gasteiger partial charge in [0.1, 0.15) is 0 Å². The predicted molar refractivity (Wildman–Crippen MR) is 103 cm³/mol. The lowest BCUT2D eigenvalue weighted by molar-refractivity contribution is -0.121. The number of phenolic OH excluding ortho intramolecular Hbond substituents is 2. The van der Waals surface area contributed by atoms with Gasteiger partial charge >= 0.3 is 7.12 Å². The standard InChI is InChI=1S/C16H24BNO5S2/c19-13-6-5-11(9-14(13)20)10-15(17(22)23)18-16(21)4-2-1-3-12-7-8-24-25-12/h5-6,9,12,15,19-20,22-23H,1-4,7-8,10H2,(H,18,21). The molecule has 0 aromatic heterocycles. The van der Waals surface area contributed by atoms with E-state index in [1.165, 1.54) is 24.3 Å². The van der Waals surface area contributed by atoms with Gasteiger partial charge in [-0.3, -0.25) is 4.79 Å². The number of phenols is 2. The highest BCUT2D eigenvalue weighted by molar-refractivity contribution is 8.77. The summed E-state index contributed by atoms with van der Waals surface area (Å²) in [4.78, 5) is 12.0. The molecule has 25 heavy (non-hydrogen) atoms. The van der Waals surface area contributed by atoms with E-state index in [0.29, 0.717) is 17.2 Å². The SMILES string of the molecule is O=C(CCCCC1CCSS1)NC(Cc1ccc(O)c(O)c1)B(O)O. The topological polar surface area (TPSA) is 110 Å². The van der Waals surface area contributed by atoms with Gasteiger partial charge in [-0.1, -0.05) is 34.1 Å². The van der Waals surface area contributed by atoms with E-state index in [1.807, 2.05) is 21.6 Å². The Morgan fingerprint density at radius 1 is 1.28 bits per heavy atom. The van der Waals surface area contributed by atoms with E-state index in [-0.39, 0.29) is 23.8 Å². The van der Waals surface area contributed by atoms with Crippen LogP contribution in [0.25, 0.3) is 0 Å². The second-order valence-corrected chi connectivity index (χ2v) is 8.98. The predicted octanol–water partition coefficient (Wildman–Crippen LogP) is 1.85. The van der Waals surface area contributed by atoms with Crippen molar-refractivity contribution in [1.29, 1.82) is 0 Å². The van der Waals surface area contributed by atoms with Crippen LogP contribution in [-0.2, 0) is 11.2 Å². The molecule has 0 bridgehead atoms. The lowest BCUT2D eigenvalue weighted by Crippen LogP contribution is -2.47. The van der Waals surface area contributed by atoms with E-state index in [9.17, 15) is 25.1 Å². The summed E-state index contributed by atoms with van der Waals surface area (Å²) in [5, 5.41) is 41.1. The average molecular weight is 385 g/mol. The zero-order valence-electron chi connectivity index (χ0n) is 13.9. The smallest absolute Gasteiger partial charge is 0.475 e. The Morgan fingerprint density at radius 3 is 2.72 bits per heavy atom. The van der Waals surface area contributed by atoms with E-state index in [0.717, 1.165) is 19.3 Å². The number of amides is 1. The lowest BCUT2D eigenvalue weighted by atomic mass is 9.76. The number of aromatic hydroxyl groups is 2. The first-order chi connectivity index (χ1) is 12.0. The molecule has 1 aromatic carbocycles. The molecule has 5 N–H and O–H groups in total. The lowest BCUT2D eigenvalue weighted by Gasteiger charge is -2.18. The monoisotopic (exact) mass is 385 g/mol. The summed E-state index contributed by atoms with van der Waals surface area (Å²) < 4.78 is 0. The molecule has 1 amide bonds. The first-order valence-corrected chi connectivity index (χ1v) is 10.8. The molecule has 0 radical (unpaired) electrons. The van der Waals surface area contributed by atoms with Gasteiger partial charge < -0.3 is 25.6 Å². The van der Waals surface area contributed by atoms with Crippen LogP contribution in [0.5, 0.6) is 11.5 Å². The Kier molecular flexibility index (Phi) is 8.28. The zero-order valence-corrected chi connectivity index (χ0v) is 15.6. The van der Waals surface area contributed by atoms with Gasteiger partial charge in [0.2, 0.25) is 5.91 Å². The number of carbonyl (C=O) groups excluding carboxylic acids is 1. The van der Waals surface area contributed by atoms with Crippen LogP contribution >= 0.6 is 21.6 Å². The van der Waals surface area contributed by atoms with Crippen molar-refractivity contribution in [3.63, 3.8) is 0 Å². The highest BCUT2D eigenvalue weighted by atomic mass is 33.1. The molecule has 1 aliphatic rings. The number of hydrogen-bond acceptors (Lipinski definition) is 7. The first kappa shape index (κ1) is 20.3. The number of carbonyl (C=O) groups is 1. The fourth-order valence-electron chi connectivity index (χ4n) is 2.68. The fraction of sp³-hybridized carbons (Fsp3) is 0.562. The zero-order chi connectivity index (χ0) is 18.2. The van der Waals surface area contributed by atoms with E-state index in [4.69, 9.17) is 0 Å². The molecule has 9 heteroatoms. The average Bonchev–Trinajstić information content (AvgIpc) is 3.07. The Balaban J connectivity index is 1.75. The van der Waals surface area contributed by atoms with Crippen LogP contribution < -0.4 is 5.32 Å². The Labute approximate surface area is 156 Å². The Morgan fingerprint density at radius 2 is 2.08 bits per heavy atom. The van der Waals surface area contributed by atoms with Crippen LogP contribution in [0.3, 0.4) is 0 Å². The maximum absolute atomic E-state index is 12.0. The quantitative estimate of drug-likeness (QED) is 0.191.